The predicted octanol–water partition coefficient (Wildman–Crippen LogP) is 5.25. The van der Waals surface area contributed by atoms with Crippen LogP contribution >= 0.6 is 0 Å². The van der Waals surface area contributed by atoms with Crippen molar-refractivity contribution in [1.82, 2.24) is 4.98 Å². The van der Waals surface area contributed by atoms with Crippen molar-refractivity contribution in [2.24, 2.45) is 4.36 Å². The van der Waals surface area contributed by atoms with Crippen molar-refractivity contribution < 1.29 is 4.21 Å². The largest absolute Gasteiger partial charge is 0.398 e. The zero-order valence-corrected chi connectivity index (χ0v) is 17.3. The Morgan fingerprint density at radius 1 is 1.26 bits per heavy atom. The lowest BCUT2D eigenvalue weighted by atomic mass is 9.86. The van der Waals surface area contributed by atoms with Gasteiger partial charge in [0, 0.05) is 50.7 Å². The summed E-state index contributed by atoms with van der Waals surface area (Å²) in [5.74, 6) is 0.680. The fraction of sp³-hybridized carbons (Fsp3) is 0.429. The summed E-state index contributed by atoms with van der Waals surface area (Å²) < 4.78 is 16.8. The van der Waals surface area contributed by atoms with E-state index < -0.39 is 9.73 Å². The van der Waals surface area contributed by atoms with E-state index in [2.05, 4.69) is 24.3 Å². The molecular weight excluding hydrogens is 356 g/mol. The summed E-state index contributed by atoms with van der Waals surface area (Å²) in [6.07, 6.45) is 11.3. The van der Waals surface area contributed by atoms with Gasteiger partial charge in [0.2, 0.25) is 0 Å². The quantitative estimate of drug-likeness (QED) is 0.556. The van der Waals surface area contributed by atoms with Gasteiger partial charge in [-0.2, -0.15) is 4.36 Å². The number of hydrogen-bond acceptors (Lipinski definition) is 5. The number of fused-ring (bicyclic) bond motifs is 1. The minimum atomic E-state index is -2.37. The van der Waals surface area contributed by atoms with Gasteiger partial charge in [0.25, 0.3) is 0 Å². The Morgan fingerprint density at radius 3 is 2.56 bits per heavy atom. The summed E-state index contributed by atoms with van der Waals surface area (Å²) in [6, 6.07) is 3.78. The van der Waals surface area contributed by atoms with Crippen LogP contribution in [0.2, 0.25) is 0 Å². The average molecular weight is 385 g/mol. The zero-order valence-electron chi connectivity index (χ0n) is 16.5. The molecule has 5 nitrogen and oxygen atoms in total. The van der Waals surface area contributed by atoms with Crippen LogP contribution < -0.4 is 5.73 Å². The van der Waals surface area contributed by atoms with Crippen molar-refractivity contribution in [2.75, 3.05) is 18.2 Å². The maximum atomic E-state index is 12.4. The fourth-order valence-corrected chi connectivity index (χ4v) is 4.17. The molecule has 27 heavy (non-hydrogen) atoms. The van der Waals surface area contributed by atoms with Crippen LogP contribution in [0.5, 0.6) is 0 Å². The lowest BCUT2D eigenvalue weighted by molar-refractivity contribution is 0.684. The summed E-state index contributed by atoms with van der Waals surface area (Å²) >= 11 is 0. The fourth-order valence-electron chi connectivity index (χ4n) is 3.62. The third-order valence-electron chi connectivity index (χ3n) is 4.84. The Morgan fingerprint density at radius 2 is 2.00 bits per heavy atom. The van der Waals surface area contributed by atoms with Gasteiger partial charge in [0.1, 0.15) is 0 Å². The average Bonchev–Trinajstić information content (AvgIpc) is 2.60. The highest BCUT2D eigenvalue weighted by Crippen LogP contribution is 2.41. The number of nitrogens with two attached hydrogens (primary N) is 1. The number of allylic oxidation sites excluding steroid dienone is 2. The number of hydrogen-bond donors (Lipinski definition) is 2. The maximum absolute atomic E-state index is 12.4. The maximum Gasteiger partial charge on any atom is 0.169 e. The molecule has 0 aliphatic heterocycles. The SMILES string of the molecule is CC(C)c1nc(N=S(C)(C)=O)c2cc(N)c(C=N)cc2c1C1=CCCCC1. The van der Waals surface area contributed by atoms with E-state index in [1.54, 1.807) is 12.5 Å². The molecule has 0 fully saturated rings. The van der Waals surface area contributed by atoms with E-state index in [1.165, 1.54) is 24.6 Å². The highest BCUT2D eigenvalue weighted by atomic mass is 32.2. The number of aromatic nitrogens is 1. The smallest absolute Gasteiger partial charge is 0.169 e. The molecule has 0 atom stereocenters. The Kier molecular flexibility index (Phi) is 5.38. The number of pyridine rings is 1. The van der Waals surface area contributed by atoms with E-state index in [0.717, 1.165) is 34.9 Å². The second kappa shape index (κ2) is 7.43. The lowest BCUT2D eigenvalue weighted by Crippen LogP contribution is -2.05. The molecule has 0 saturated carbocycles. The third kappa shape index (κ3) is 4.05. The summed E-state index contributed by atoms with van der Waals surface area (Å²) in [7, 11) is -2.37. The van der Waals surface area contributed by atoms with Gasteiger partial charge in [-0.25, -0.2) is 9.19 Å². The van der Waals surface area contributed by atoms with Crippen LogP contribution in [0.4, 0.5) is 11.5 Å². The van der Waals surface area contributed by atoms with Gasteiger partial charge in [0.05, 0.1) is 5.69 Å². The highest BCUT2D eigenvalue weighted by Gasteiger charge is 2.21. The molecule has 0 bridgehead atoms. The van der Waals surface area contributed by atoms with Gasteiger partial charge >= 0.3 is 0 Å². The van der Waals surface area contributed by atoms with Crippen LogP contribution in [-0.2, 0) is 9.73 Å². The highest BCUT2D eigenvalue weighted by molar-refractivity contribution is 7.92. The van der Waals surface area contributed by atoms with E-state index in [-0.39, 0.29) is 5.92 Å². The van der Waals surface area contributed by atoms with E-state index in [9.17, 15) is 4.21 Å². The molecule has 2 aromatic rings. The number of anilines is 1. The van der Waals surface area contributed by atoms with Crippen LogP contribution in [0.1, 0.15) is 62.3 Å². The minimum Gasteiger partial charge on any atom is -0.398 e. The number of benzene rings is 1. The number of nitrogens with zero attached hydrogens (tertiary/aromatic N) is 2. The second-order valence-corrected chi connectivity index (χ2v) is 10.3. The van der Waals surface area contributed by atoms with E-state index >= 15 is 0 Å². The van der Waals surface area contributed by atoms with E-state index in [4.69, 9.17) is 16.1 Å². The van der Waals surface area contributed by atoms with E-state index in [1.807, 2.05) is 12.1 Å². The molecule has 0 amide bonds. The van der Waals surface area contributed by atoms with Crippen molar-refractivity contribution in [3.05, 3.63) is 35.0 Å². The topological polar surface area (TPSA) is 92.2 Å². The first-order valence-electron chi connectivity index (χ1n) is 9.35. The molecule has 0 spiro atoms. The molecule has 3 N–H and O–H groups in total. The van der Waals surface area contributed by atoms with Crippen molar-refractivity contribution in [2.45, 2.75) is 45.4 Å². The Bertz CT molecular complexity index is 1050. The third-order valence-corrected chi connectivity index (χ3v) is 5.45. The molecule has 6 heteroatoms. The van der Waals surface area contributed by atoms with Crippen molar-refractivity contribution >= 4 is 43.8 Å². The zero-order chi connectivity index (χ0) is 19.8. The van der Waals surface area contributed by atoms with Gasteiger partial charge < -0.3 is 11.1 Å². The standard InChI is InChI=1S/C21H28N4OS/c1-13(2)20-19(14-8-6-5-7-9-14)16-10-15(12-22)18(23)11-17(16)21(24-20)25-27(3,4)26/h8,10-13,22H,5-7,9,23H2,1-4H3. The monoisotopic (exact) mass is 384 g/mol. The molecule has 1 aromatic carbocycles. The van der Waals surface area contributed by atoms with Gasteiger partial charge in [0.15, 0.2) is 5.82 Å². The van der Waals surface area contributed by atoms with Crippen LogP contribution in [-0.4, -0.2) is 27.9 Å². The lowest BCUT2D eigenvalue weighted by Gasteiger charge is -2.22. The number of nitrogens with one attached hydrogen (secondary N) is 1. The molecule has 1 heterocycles. The molecule has 0 saturated heterocycles. The van der Waals surface area contributed by atoms with Crippen molar-refractivity contribution in [3.8, 4) is 0 Å². The summed E-state index contributed by atoms with van der Waals surface area (Å²) in [6.45, 7) is 4.24. The summed E-state index contributed by atoms with van der Waals surface area (Å²) in [5, 5.41) is 9.51. The van der Waals surface area contributed by atoms with Gasteiger partial charge in [-0.1, -0.05) is 19.9 Å². The minimum absolute atomic E-state index is 0.201. The Hall–Kier alpha value is -2.21. The summed E-state index contributed by atoms with van der Waals surface area (Å²) in [5.41, 5.74) is 10.8. The van der Waals surface area contributed by atoms with Crippen LogP contribution in [0.15, 0.2) is 22.6 Å². The van der Waals surface area contributed by atoms with Gasteiger partial charge in [-0.3, -0.25) is 0 Å². The van der Waals surface area contributed by atoms with Crippen molar-refractivity contribution in [1.29, 1.82) is 5.41 Å². The number of rotatable bonds is 4. The number of nitrogen functional groups attached to an aromatic ring is 1. The normalized spacial score (nSPS) is 15.1. The van der Waals surface area contributed by atoms with Gasteiger partial charge in [-0.05, 0) is 54.7 Å². The molecule has 1 aromatic heterocycles. The molecule has 0 radical (unpaired) electrons. The molecule has 3 rings (SSSR count). The molecule has 144 valence electrons. The summed E-state index contributed by atoms with van der Waals surface area (Å²) in [4.78, 5) is 4.86. The van der Waals surface area contributed by atoms with Crippen LogP contribution in [0.3, 0.4) is 0 Å². The van der Waals surface area contributed by atoms with Crippen LogP contribution in [0.25, 0.3) is 16.3 Å². The molecular formula is C21H28N4OS. The molecule has 1 aliphatic rings. The van der Waals surface area contributed by atoms with Crippen LogP contribution in [0, 0.1) is 5.41 Å². The van der Waals surface area contributed by atoms with Crippen molar-refractivity contribution in [3.63, 3.8) is 0 Å². The first kappa shape index (κ1) is 19.5. The predicted molar refractivity (Wildman–Crippen MR) is 117 cm³/mol. The first-order chi connectivity index (χ1) is 12.7. The molecule has 1 aliphatic carbocycles. The first-order valence-corrected chi connectivity index (χ1v) is 11.7. The Labute approximate surface area is 161 Å². The molecule has 0 unspecified atom stereocenters. The van der Waals surface area contributed by atoms with Gasteiger partial charge in [-0.15, -0.1) is 0 Å². The van der Waals surface area contributed by atoms with E-state index in [0.29, 0.717) is 17.1 Å². The second-order valence-electron chi connectivity index (χ2n) is 7.77. The Balaban J connectivity index is 2.50.